The minimum atomic E-state index is -3.18. The standard InChI is InChI=1S/C17H23N3O3S2/c1-25(22,23)19-9-7-18(8-10-19)17(21)15-12-16-14(6-11-24-16)20(15)13-4-2-3-5-13/h6,11-13H,2-5,7-10H2,1H3. The van der Waals surface area contributed by atoms with Crippen molar-refractivity contribution in [1.29, 1.82) is 0 Å². The van der Waals surface area contributed by atoms with E-state index in [1.54, 1.807) is 16.2 Å². The number of fused-ring (bicyclic) bond motifs is 1. The van der Waals surface area contributed by atoms with Gasteiger partial charge in [-0.2, -0.15) is 4.31 Å². The van der Waals surface area contributed by atoms with Gasteiger partial charge in [-0.25, -0.2) is 8.42 Å². The maximum absolute atomic E-state index is 13.1. The van der Waals surface area contributed by atoms with Crippen molar-refractivity contribution < 1.29 is 13.2 Å². The second-order valence-corrected chi connectivity index (χ2v) is 9.89. The van der Waals surface area contributed by atoms with Crippen molar-refractivity contribution in [2.45, 2.75) is 31.7 Å². The number of aromatic nitrogens is 1. The van der Waals surface area contributed by atoms with E-state index >= 15 is 0 Å². The molecule has 1 saturated heterocycles. The molecule has 1 amide bonds. The quantitative estimate of drug-likeness (QED) is 0.821. The number of amides is 1. The molecule has 0 atom stereocenters. The maximum Gasteiger partial charge on any atom is 0.270 e. The van der Waals surface area contributed by atoms with E-state index in [1.165, 1.54) is 23.4 Å². The smallest absolute Gasteiger partial charge is 0.270 e. The molecule has 25 heavy (non-hydrogen) atoms. The van der Waals surface area contributed by atoms with Gasteiger partial charge in [-0.15, -0.1) is 11.3 Å². The molecule has 1 saturated carbocycles. The predicted molar refractivity (Wildman–Crippen MR) is 99.6 cm³/mol. The second kappa shape index (κ2) is 6.41. The van der Waals surface area contributed by atoms with Crippen LogP contribution in [0.3, 0.4) is 0 Å². The molecule has 0 aromatic carbocycles. The minimum absolute atomic E-state index is 0.0310. The van der Waals surface area contributed by atoms with E-state index < -0.39 is 10.0 Å². The third kappa shape index (κ3) is 3.11. The van der Waals surface area contributed by atoms with Gasteiger partial charge in [0, 0.05) is 32.2 Å². The highest BCUT2D eigenvalue weighted by Crippen LogP contribution is 2.36. The topological polar surface area (TPSA) is 62.6 Å². The molecule has 3 heterocycles. The zero-order chi connectivity index (χ0) is 17.6. The number of carbonyl (C=O) groups excluding carboxylic acids is 1. The Balaban J connectivity index is 1.60. The van der Waals surface area contributed by atoms with Crippen molar-refractivity contribution in [3.05, 3.63) is 23.2 Å². The lowest BCUT2D eigenvalue weighted by atomic mass is 10.2. The SMILES string of the molecule is CS(=O)(=O)N1CCN(C(=O)c2cc3sccc3n2C2CCCC2)CC1. The van der Waals surface area contributed by atoms with E-state index in [4.69, 9.17) is 0 Å². The molecule has 2 fully saturated rings. The van der Waals surface area contributed by atoms with Gasteiger partial charge < -0.3 is 9.47 Å². The molecule has 0 N–H and O–H groups in total. The Kier molecular flexibility index (Phi) is 4.37. The normalized spacial score (nSPS) is 20.6. The van der Waals surface area contributed by atoms with Gasteiger partial charge in [-0.1, -0.05) is 12.8 Å². The number of hydrogen-bond donors (Lipinski definition) is 0. The van der Waals surface area contributed by atoms with Crippen LogP contribution in [0.5, 0.6) is 0 Å². The molecule has 0 spiro atoms. The van der Waals surface area contributed by atoms with Crippen LogP contribution in [0.2, 0.25) is 0 Å². The highest BCUT2D eigenvalue weighted by atomic mass is 32.2. The fourth-order valence-corrected chi connectivity index (χ4v) is 5.69. The van der Waals surface area contributed by atoms with Crippen LogP contribution in [-0.4, -0.2) is 60.5 Å². The Morgan fingerprint density at radius 2 is 1.84 bits per heavy atom. The van der Waals surface area contributed by atoms with Gasteiger partial charge in [0.15, 0.2) is 0 Å². The number of nitrogens with zero attached hydrogens (tertiary/aromatic N) is 3. The lowest BCUT2D eigenvalue weighted by Gasteiger charge is -2.33. The van der Waals surface area contributed by atoms with Gasteiger partial charge in [0.25, 0.3) is 5.91 Å². The predicted octanol–water partition coefficient (Wildman–Crippen LogP) is 2.54. The third-order valence-electron chi connectivity index (χ3n) is 5.36. The largest absolute Gasteiger partial charge is 0.335 e. The summed E-state index contributed by atoms with van der Waals surface area (Å²) in [5, 5.41) is 2.08. The summed E-state index contributed by atoms with van der Waals surface area (Å²) in [6.45, 7) is 1.66. The monoisotopic (exact) mass is 381 g/mol. The zero-order valence-electron chi connectivity index (χ0n) is 14.3. The highest BCUT2D eigenvalue weighted by molar-refractivity contribution is 7.88. The lowest BCUT2D eigenvalue weighted by Crippen LogP contribution is -2.50. The van der Waals surface area contributed by atoms with Crippen molar-refractivity contribution in [3.8, 4) is 0 Å². The molecule has 2 aromatic heterocycles. The van der Waals surface area contributed by atoms with E-state index in [0.717, 1.165) is 28.8 Å². The van der Waals surface area contributed by atoms with Crippen molar-refractivity contribution in [1.82, 2.24) is 13.8 Å². The first-order valence-electron chi connectivity index (χ1n) is 8.78. The van der Waals surface area contributed by atoms with Gasteiger partial charge in [-0.3, -0.25) is 4.79 Å². The van der Waals surface area contributed by atoms with E-state index in [9.17, 15) is 13.2 Å². The number of hydrogen-bond acceptors (Lipinski definition) is 4. The summed E-state index contributed by atoms with van der Waals surface area (Å²) in [7, 11) is -3.18. The maximum atomic E-state index is 13.1. The van der Waals surface area contributed by atoms with Crippen LogP contribution >= 0.6 is 11.3 Å². The number of piperazine rings is 1. The van der Waals surface area contributed by atoms with Crippen LogP contribution in [0.25, 0.3) is 10.2 Å². The van der Waals surface area contributed by atoms with Gasteiger partial charge in [0.2, 0.25) is 10.0 Å². The number of carbonyl (C=O) groups is 1. The molecule has 8 heteroatoms. The van der Waals surface area contributed by atoms with E-state index in [-0.39, 0.29) is 5.91 Å². The van der Waals surface area contributed by atoms with Crippen molar-refractivity contribution >= 4 is 37.5 Å². The van der Waals surface area contributed by atoms with E-state index in [1.807, 2.05) is 6.07 Å². The molecule has 136 valence electrons. The summed E-state index contributed by atoms with van der Waals surface area (Å²) in [5.41, 5.74) is 1.93. The minimum Gasteiger partial charge on any atom is -0.335 e. The van der Waals surface area contributed by atoms with Crippen molar-refractivity contribution in [2.24, 2.45) is 0 Å². The Bertz CT molecular complexity index is 886. The van der Waals surface area contributed by atoms with Crippen LogP contribution in [0, 0.1) is 0 Å². The number of rotatable bonds is 3. The van der Waals surface area contributed by atoms with Gasteiger partial charge in [-0.05, 0) is 30.4 Å². The zero-order valence-corrected chi connectivity index (χ0v) is 16.0. The average Bonchev–Trinajstić information content (AvgIpc) is 3.29. The third-order valence-corrected chi connectivity index (χ3v) is 7.52. The van der Waals surface area contributed by atoms with Crippen LogP contribution in [0.1, 0.15) is 42.2 Å². The fraction of sp³-hybridized carbons (Fsp3) is 0.588. The molecule has 2 aromatic rings. The Labute approximate surface area is 152 Å². The summed E-state index contributed by atoms with van der Waals surface area (Å²) in [5.74, 6) is 0.0310. The molecule has 1 aliphatic heterocycles. The van der Waals surface area contributed by atoms with Gasteiger partial charge >= 0.3 is 0 Å². The Morgan fingerprint density at radius 1 is 1.16 bits per heavy atom. The summed E-state index contributed by atoms with van der Waals surface area (Å²) >= 11 is 1.67. The summed E-state index contributed by atoms with van der Waals surface area (Å²) < 4.78 is 28.2. The van der Waals surface area contributed by atoms with Gasteiger partial charge in [0.1, 0.15) is 5.69 Å². The van der Waals surface area contributed by atoms with Crippen molar-refractivity contribution in [2.75, 3.05) is 32.4 Å². The van der Waals surface area contributed by atoms with Crippen LogP contribution in [0.4, 0.5) is 0 Å². The first kappa shape index (κ1) is 17.1. The van der Waals surface area contributed by atoms with E-state index in [0.29, 0.717) is 32.2 Å². The molecule has 6 nitrogen and oxygen atoms in total. The molecule has 4 rings (SSSR count). The van der Waals surface area contributed by atoms with Gasteiger partial charge in [0.05, 0.1) is 16.5 Å². The lowest BCUT2D eigenvalue weighted by molar-refractivity contribution is 0.0685. The van der Waals surface area contributed by atoms with Crippen molar-refractivity contribution in [3.63, 3.8) is 0 Å². The van der Waals surface area contributed by atoms with Crippen LogP contribution < -0.4 is 0 Å². The molecule has 0 unspecified atom stereocenters. The summed E-state index contributed by atoms with van der Waals surface area (Å²) in [6.07, 6.45) is 5.91. The second-order valence-electron chi connectivity index (χ2n) is 6.96. The first-order valence-corrected chi connectivity index (χ1v) is 11.5. The summed E-state index contributed by atoms with van der Waals surface area (Å²) in [6, 6.07) is 4.53. The molecular formula is C17H23N3O3S2. The Hall–Kier alpha value is -1.38. The summed E-state index contributed by atoms with van der Waals surface area (Å²) in [4.78, 5) is 14.9. The van der Waals surface area contributed by atoms with Crippen LogP contribution in [-0.2, 0) is 10.0 Å². The molecule has 1 aliphatic carbocycles. The first-order chi connectivity index (χ1) is 11.9. The molecule has 2 aliphatic rings. The van der Waals surface area contributed by atoms with E-state index in [2.05, 4.69) is 16.0 Å². The molecule has 0 bridgehead atoms. The Morgan fingerprint density at radius 3 is 2.48 bits per heavy atom. The average molecular weight is 382 g/mol. The number of sulfonamides is 1. The molecular weight excluding hydrogens is 358 g/mol. The fourth-order valence-electron chi connectivity index (χ4n) is 4.05. The molecule has 0 radical (unpaired) electrons. The number of thiophene rings is 1. The van der Waals surface area contributed by atoms with Crippen LogP contribution in [0.15, 0.2) is 17.5 Å². The highest BCUT2D eigenvalue weighted by Gasteiger charge is 2.30.